The molecule has 0 aliphatic carbocycles. The maximum Gasteiger partial charge on any atom is 0.243 e. The standard InChI is InChI=1S/C12H21N5O2S/c1-10(9-17-5-3-4-6-17)16-20(18,19)11-7-14-12(13-2)15-8-11/h7-8,10,16H,3-6,9H2,1-2H3,(H,13,14,15). The van der Waals surface area contributed by atoms with Crippen LogP contribution in [-0.4, -0.2) is 56.0 Å². The summed E-state index contributed by atoms with van der Waals surface area (Å²) in [6.45, 7) is 4.70. The van der Waals surface area contributed by atoms with Crippen LogP contribution in [0.5, 0.6) is 0 Å². The number of hydrogen-bond donors (Lipinski definition) is 2. The summed E-state index contributed by atoms with van der Waals surface area (Å²) in [5, 5.41) is 2.75. The van der Waals surface area contributed by atoms with E-state index in [1.54, 1.807) is 7.05 Å². The molecular formula is C12H21N5O2S. The van der Waals surface area contributed by atoms with E-state index in [2.05, 4.69) is 24.9 Å². The molecule has 1 saturated heterocycles. The number of sulfonamides is 1. The number of hydrogen-bond acceptors (Lipinski definition) is 6. The Morgan fingerprint density at radius 3 is 2.45 bits per heavy atom. The van der Waals surface area contributed by atoms with E-state index in [-0.39, 0.29) is 10.9 Å². The van der Waals surface area contributed by atoms with Crippen LogP contribution in [0.2, 0.25) is 0 Å². The average Bonchev–Trinajstić information content (AvgIpc) is 2.91. The molecule has 0 radical (unpaired) electrons. The van der Waals surface area contributed by atoms with E-state index in [9.17, 15) is 8.42 Å². The Kier molecular flexibility index (Phi) is 4.90. The summed E-state index contributed by atoms with van der Waals surface area (Å²) in [5.41, 5.74) is 0. The smallest absolute Gasteiger partial charge is 0.243 e. The molecule has 1 aromatic heterocycles. The van der Waals surface area contributed by atoms with Crippen LogP contribution in [0.4, 0.5) is 5.95 Å². The molecule has 0 saturated carbocycles. The molecule has 8 heteroatoms. The highest BCUT2D eigenvalue weighted by molar-refractivity contribution is 7.89. The van der Waals surface area contributed by atoms with Crippen molar-refractivity contribution in [3.63, 3.8) is 0 Å². The summed E-state index contributed by atoms with van der Waals surface area (Å²) >= 11 is 0. The van der Waals surface area contributed by atoms with Crippen molar-refractivity contribution in [1.82, 2.24) is 19.6 Å². The van der Waals surface area contributed by atoms with Crippen LogP contribution >= 0.6 is 0 Å². The molecule has 0 amide bonds. The van der Waals surface area contributed by atoms with Gasteiger partial charge in [0.15, 0.2) is 0 Å². The van der Waals surface area contributed by atoms with Crippen LogP contribution in [0, 0.1) is 0 Å². The van der Waals surface area contributed by atoms with Crippen LogP contribution in [-0.2, 0) is 10.0 Å². The first-order valence-electron chi connectivity index (χ1n) is 6.76. The fraction of sp³-hybridized carbons (Fsp3) is 0.667. The van der Waals surface area contributed by atoms with E-state index in [1.807, 2.05) is 6.92 Å². The van der Waals surface area contributed by atoms with Gasteiger partial charge < -0.3 is 10.2 Å². The van der Waals surface area contributed by atoms with Gasteiger partial charge in [-0.05, 0) is 32.9 Å². The Morgan fingerprint density at radius 2 is 1.90 bits per heavy atom. The Hall–Kier alpha value is -1.25. The minimum Gasteiger partial charge on any atom is -0.357 e. The van der Waals surface area contributed by atoms with Gasteiger partial charge in [-0.25, -0.2) is 23.1 Å². The zero-order chi connectivity index (χ0) is 14.6. The van der Waals surface area contributed by atoms with E-state index < -0.39 is 10.0 Å². The molecule has 7 nitrogen and oxygen atoms in total. The minimum atomic E-state index is -3.56. The number of anilines is 1. The third-order valence-electron chi connectivity index (χ3n) is 3.25. The molecule has 2 rings (SSSR count). The zero-order valence-electron chi connectivity index (χ0n) is 11.8. The van der Waals surface area contributed by atoms with Gasteiger partial charge in [-0.3, -0.25) is 0 Å². The van der Waals surface area contributed by atoms with Crippen molar-refractivity contribution in [2.24, 2.45) is 0 Å². The summed E-state index contributed by atoms with van der Waals surface area (Å²) < 4.78 is 27.0. The summed E-state index contributed by atoms with van der Waals surface area (Å²) in [6.07, 6.45) is 5.01. The first-order valence-corrected chi connectivity index (χ1v) is 8.24. The normalized spacial score (nSPS) is 18.1. The van der Waals surface area contributed by atoms with Gasteiger partial charge in [0.05, 0.1) is 12.4 Å². The van der Waals surface area contributed by atoms with E-state index in [0.717, 1.165) is 19.6 Å². The van der Waals surface area contributed by atoms with Gasteiger partial charge in [0.2, 0.25) is 16.0 Å². The molecule has 0 bridgehead atoms. The number of rotatable bonds is 6. The van der Waals surface area contributed by atoms with Gasteiger partial charge in [-0.1, -0.05) is 0 Å². The minimum absolute atomic E-state index is 0.0878. The first kappa shape index (κ1) is 15.1. The molecule has 2 N–H and O–H groups in total. The number of nitrogens with one attached hydrogen (secondary N) is 2. The van der Waals surface area contributed by atoms with Crippen LogP contribution < -0.4 is 10.0 Å². The Balaban J connectivity index is 1.98. The Morgan fingerprint density at radius 1 is 1.30 bits per heavy atom. The number of aromatic nitrogens is 2. The monoisotopic (exact) mass is 299 g/mol. The summed E-state index contributed by atoms with van der Waals surface area (Å²) in [7, 11) is -1.88. The zero-order valence-corrected chi connectivity index (χ0v) is 12.7. The molecular weight excluding hydrogens is 278 g/mol. The molecule has 112 valence electrons. The van der Waals surface area contributed by atoms with Crippen LogP contribution in [0.15, 0.2) is 17.3 Å². The summed E-state index contributed by atoms with van der Waals surface area (Å²) in [6, 6.07) is -0.137. The molecule has 0 aromatic carbocycles. The quantitative estimate of drug-likeness (QED) is 0.784. The van der Waals surface area contributed by atoms with E-state index in [0.29, 0.717) is 5.95 Å². The lowest BCUT2D eigenvalue weighted by molar-refractivity contribution is 0.312. The lowest BCUT2D eigenvalue weighted by atomic mass is 10.3. The van der Waals surface area contributed by atoms with Crippen molar-refractivity contribution in [3.8, 4) is 0 Å². The maximum absolute atomic E-state index is 12.2. The Bertz CT molecular complexity index is 525. The van der Waals surface area contributed by atoms with Gasteiger partial charge in [0.1, 0.15) is 4.90 Å². The average molecular weight is 299 g/mol. The second-order valence-corrected chi connectivity index (χ2v) is 6.74. The fourth-order valence-corrected chi connectivity index (χ4v) is 3.43. The van der Waals surface area contributed by atoms with Gasteiger partial charge in [0.25, 0.3) is 0 Å². The summed E-state index contributed by atoms with van der Waals surface area (Å²) in [5.74, 6) is 0.397. The highest BCUT2D eigenvalue weighted by atomic mass is 32.2. The van der Waals surface area contributed by atoms with Crippen molar-refractivity contribution < 1.29 is 8.42 Å². The van der Waals surface area contributed by atoms with Crippen LogP contribution in [0.3, 0.4) is 0 Å². The second-order valence-electron chi connectivity index (χ2n) is 5.02. The molecule has 1 aliphatic rings. The van der Waals surface area contributed by atoms with E-state index in [1.165, 1.54) is 25.2 Å². The first-order chi connectivity index (χ1) is 9.51. The highest BCUT2D eigenvalue weighted by Gasteiger charge is 2.21. The Labute approximate surface area is 119 Å². The van der Waals surface area contributed by atoms with Crippen molar-refractivity contribution in [3.05, 3.63) is 12.4 Å². The van der Waals surface area contributed by atoms with Gasteiger partial charge >= 0.3 is 0 Å². The lowest BCUT2D eigenvalue weighted by Crippen LogP contribution is -2.41. The fourth-order valence-electron chi connectivity index (χ4n) is 2.31. The topological polar surface area (TPSA) is 87.2 Å². The maximum atomic E-state index is 12.2. The predicted octanol–water partition coefficient (Wildman–Crippen LogP) is 0.281. The largest absolute Gasteiger partial charge is 0.357 e. The SMILES string of the molecule is CNc1ncc(S(=O)(=O)NC(C)CN2CCCC2)cn1. The van der Waals surface area contributed by atoms with Crippen molar-refractivity contribution in [2.75, 3.05) is 32.0 Å². The van der Waals surface area contributed by atoms with Crippen LogP contribution in [0.1, 0.15) is 19.8 Å². The predicted molar refractivity (Wildman–Crippen MR) is 77.0 cm³/mol. The molecule has 20 heavy (non-hydrogen) atoms. The lowest BCUT2D eigenvalue weighted by Gasteiger charge is -2.21. The van der Waals surface area contributed by atoms with Crippen molar-refractivity contribution >= 4 is 16.0 Å². The highest BCUT2D eigenvalue weighted by Crippen LogP contribution is 2.10. The van der Waals surface area contributed by atoms with Crippen molar-refractivity contribution in [1.29, 1.82) is 0 Å². The van der Waals surface area contributed by atoms with E-state index in [4.69, 9.17) is 0 Å². The van der Waals surface area contributed by atoms with Gasteiger partial charge in [-0.15, -0.1) is 0 Å². The molecule has 1 aromatic rings. The molecule has 1 unspecified atom stereocenters. The third kappa shape index (κ3) is 3.87. The van der Waals surface area contributed by atoms with E-state index >= 15 is 0 Å². The molecule has 2 heterocycles. The summed E-state index contributed by atoms with van der Waals surface area (Å²) in [4.78, 5) is 10.2. The molecule has 1 atom stereocenters. The second kappa shape index (κ2) is 6.47. The van der Waals surface area contributed by atoms with Gasteiger partial charge in [-0.2, -0.15) is 0 Å². The third-order valence-corrected chi connectivity index (χ3v) is 4.79. The number of nitrogens with zero attached hydrogens (tertiary/aromatic N) is 3. The molecule has 1 fully saturated rings. The molecule has 1 aliphatic heterocycles. The van der Waals surface area contributed by atoms with Crippen molar-refractivity contribution in [2.45, 2.75) is 30.7 Å². The van der Waals surface area contributed by atoms with Crippen LogP contribution in [0.25, 0.3) is 0 Å². The molecule has 0 spiro atoms. The van der Waals surface area contributed by atoms with Gasteiger partial charge in [0, 0.05) is 19.6 Å². The number of likely N-dealkylation sites (tertiary alicyclic amines) is 1.